The van der Waals surface area contributed by atoms with Crippen LogP contribution in [0.5, 0.6) is 0 Å². The summed E-state index contributed by atoms with van der Waals surface area (Å²) in [7, 11) is 0. The van der Waals surface area contributed by atoms with E-state index in [-0.39, 0.29) is 0 Å². The van der Waals surface area contributed by atoms with Crippen LogP contribution in [0.4, 0.5) is 0 Å². The molecule has 0 amide bonds. The lowest BCUT2D eigenvalue weighted by Gasteiger charge is -2.37. The molecule has 1 aliphatic carbocycles. The normalized spacial score (nSPS) is 27.9. The minimum absolute atomic E-state index is 0.311. The van der Waals surface area contributed by atoms with Crippen LogP contribution < -0.4 is 5.32 Å². The van der Waals surface area contributed by atoms with Gasteiger partial charge < -0.3 is 15.3 Å². The first-order valence-corrected chi connectivity index (χ1v) is 6.95. The van der Waals surface area contributed by atoms with Crippen molar-refractivity contribution in [2.24, 2.45) is 5.92 Å². The molecule has 1 aliphatic heterocycles. The standard InChI is InChI=1S/C13H26N2O/c16-9-3-7-14-13-6-2-8-15(11-13)10-12-4-1-5-12/h12-14,16H,1-11H2. The Balaban J connectivity index is 1.62. The van der Waals surface area contributed by atoms with Crippen molar-refractivity contribution in [2.45, 2.75) is 44.6 Å². The summed E-state index contributed by atoms with van der Waals surface area (Å²) in [6, 6.07) is 0.667. The molecule has 0 bridgehead atoms. The summed E-state index contributed by atoms with van der Waals surface area (Å²) in [5.41, 5.74) is 0. The molecule has 2 aliphatic rings. The molecular formula is C13H26N2O. The van der Waals surface area contributed by atoms with E-state index in [4.69, 9.17) is 5.11 Å². The molecule has 1 saturated heterocycles. The van der Waals surface area contributed by atoms with Gasteiger partial charge in [-0.25, -0.2) is 0 Å². The lowest BCUT2D eigenvalue weighted by Crippen LogP contribution is -2.47. The highest BCUT2D eigenvalue weighted by Gasteiger charge is 2.24. The van der Waals surface area contributed by atoms with Crippen molar-refractivity contribution in [3.63, 3.8) is 0 Å². The Morgan fingerprint density at radius 2 is 2.06 bits per heavy atom. The van der Waals surface area contributed by atoms with Gasteiger partial charge >= 0.3 is 0 Å². The smallest absolute Gasteiger partial charge is 0.0443 e. The van der Waals surface area contributed by atoms with Crippen LogP contribution in [0.15, 0.2) is 0 Å². The summed E-state index contributed by atoms with van der Waals surface area (Å²) in [5, 5.41) is 12.3. The molecule has 1 atom stereocenters. The van der Waals surface area contributed by atoms with E-state index in [9.17, 15) is 0 Å². The minimum atomic E-state index is 0.311. The zero-order chi connectivity index (χ0) is 11.2. The van der Waals surface area contributed by atoms with Gasteiger partial charge in [0.25, 0.3) is 0 Å². The van der Waals surface area contributed by atoms with Crippen LogP contribution in [-0.4, -0.2) is 48.8 Å². The molecule has 16 heavy (non-hydrogen) atoms. The second-order valence-electron chi connectivity index (χ2n) is 5.43. The highest BCUT2D eigenvalue weighted by molar-refractivity contribution is 4.81. The molecule has 2 rings (SSSR count). The fraction of sp³-hybridized carbons (Fsp3) is 1.00. The maximum absolute atomic E-state index is 8.76. The molecule has 0 spiro atoms. The fourth-order valence-electron chi connectivity index (χ4n) is 2.81. The van der Waals surface area contributed by atoms with Crippen LogP contribution in [0.25, 0.3) is 0 Å². The predicted molar refractivity (Wildman–Crippen MR) is 66.5 cm³/mol. The van der Waals surface area contributed by atoms with Gasteiger partial charge in [0.1, 0.15) is 0 Å². The van der Waals surface area contributed by atoms with E-state index in [2.05, 4.69) is 10.2 Å². The molecule has 1 saturated carbocycles. The second-order valence-corrected chi connectivity index (χ2v) is 5.43. The number of nitrogens with zero attached hydrogens (tertiary/aromatic N) is 1. The van der Waals surface area contributed by atoms with Gasteiger partial charge in [-0.3, -0.25) is 0 Å². The number of aliphatic hydroxyl groups excluding tert-OH is 1. The zero-order valence-electron chi connectivity index (χ0n) is 10.3. The van der Waals surface area contributed by atoms with Crippen molar-refractivity contribution >= 4 is 0 Å². The van der Waals surface area contributed by atoms with Crippen LogP contribution in [-0.2, 0) is 0 Å². The Bertz CT molecular complexity index is 194. The maximum Gasteiger partial charge on any atom is 0.0443 e. The van der Waals surface area contributed by atoms with Crippen LogP contribution >= 0.6 is 0 Å². The Morgan fingerprint density at radius 3 is 2.75 bits per heavy atom. The van der Waals surface area contributed by atoms with Crippen molar-refractivity contribution in [3.8, 4) is 0 Å². The molecule has 0 aromatic carbocycles. The lowest BCUT2D eigenvalue weighted by atomic mass is 9.84. The quantitative estimate of drug-likeness (QED) is 0.669. The highest BCUT2D eigenvalue weighted by atomic mass is 16.3. The number of aliphatic hydroxyl groups is 1. The number of likely N-dealkylation sites (tertiary alicyclic amines) is 1. The third-order valence-corrected chi connectivity index (χ3v) is 4.01. The average Bonchev–Trinajstić information content (AvgIpc) is 2.25. The maximum atomic E-state index is 8.76. The van der Waals surface area contributed by atoms with Gasteiger partial charge in [0.2, 0.25) is 0 Å². The Kier molecular flexibility index (Phi) is 5.07. The van der Waals surface area contributed by atoms with E-state index in [0.717, 1.165) is 18.9 Å². The first-order chi connectivity index (χ1) is 7.88. The first-order valence-electron chi connectivity index (χ1n) is 6.95. The Hall–Kier alpha value is -0.120. The summed E-state index contributed by atoms with van der Waals surface area (Å²) in [6.07, 6.45) is 7.91. The number of rotatable bonds is 6. The Morgan fingerprint density at radius 1 is 1.19 bits per heavy atom. The van der Waals surface area contributed by atoms with E-state index < -0.39 is 0 Å². The van der Waals surface area contributed by atoms with Crippen LogP contribution in [0.2, 0.25) is 0 Å². The SMILES string of the molecule is OCCCNC1CCCN(CC2CCC2)C1. The summed E-state index contributed by atoms with van der Waals surface area (Å²) >= 11 is 0. The van der Waals surface area contributed by atoms with E-state index in [1.165, 1.54) is 51.7 Å². The number of nitrogens with one attached hydrogen (secondary N) is 1. The third kappa shape index (κ3) is 3.72. The first kappa shape index (κ1) is 12.3. The topological polar surface area (TPSA) is 35.5 Å². The van der Waals surface area contributed by atoms with Gasteiger partial charge in [-0.15, -0.1) is 0 Å². The monoisotopic (exact) mass is 226 g/mol. The molecule has 3 nitrogen and oxygen atoms in total. The lowest BCUT2D eigenvalue weighted by molar-refractivity contribution is 0.134. The fourth-order valence-corrected chi connectivity index (χ4v) is 2.81. The number of piperidine rings is 1. The van der Waals surface area contributed by atoms with E-state index >= 15 is 0 Å². The predicted octanol–water partition coefficient (Wildman–Crippen LogP) is 1.22. The van der Waals surface area contributed by atoms with E-state index in [1.807, 2.05) is 0 Å². The summed E-state index contributed by atoms with van der Waals surface area (Å²) in [4.78, 5) is 2.64. The van der Waals surface area contributed by atoms with Crippen molar-refractivity contribution in [2.75, 3.05) is 32.8 Å². The van der Waals surface area contributed by atoms with Crippen molar-refractivity contribution in [1.29, 1.82) is 0 Å². The van der Waals surface area contributed by atoms with Gasteiger partial charge in [-0.05, 0) is 51.1 Å². The second kappa shape index (κ2) is 6.58. The van der Waals surface area contributed by atoms with Gasteiger partial charge in [-0.2, -0.15) is 0 Å². The molecule has 94 valence electrons. The highest BCUT2D eigenvalue weighted by Crippen LogP contribution is 2.27. The van der Waals surface area contributed by atoms with Gasteiger partial charge in [-0.1, -0.05) is 6.42 Å². The zero-order valence-corrected chi connectivity index (χ0v) is 10.3. The summed E-state index contributed by atoms with van der Waals surface area (Å²) in [5.74, 6) is 0.996. The van der Waals surface area contributed by atoms with Crippen molar-refractivity contribution in [1.82, 2.24) is 10.2 Å². The molecule has 2 N–H and O–H groups in total. The van der Waals surface area contributed by atoms with Crippen LogP contribution in [0.3, 0.4) is 0 Å². The molecule has 0 radical (unpaired) electrons. The summed E-state index contributed by atoms with van der Waals surface area (Å²) < 4.78 is 0. The van der Waals surface area contributed by atoms with Crippen LogP contribution in [0, 0.1) is 5.92 Å². The summed E-state index contributed by atoms with van der Waals surface area (Å²) in [6.45, 7) is 5.14. The number of hydrogen-bond donors (Lipinski definition) is 2. The minimum Gasteiger partial charge on any atom is -0.396 e. The Labute approximate surface area is 99.2 Å². The largest absolute Gasteiger partial charge is 0.396 e. The van der Waals surface area contributed by atoms with Gasteiger partial charge in [0.05, 0.1) is 0 Å². The third-order valence-electron chi connectivity index (χ3n) is 4.01. The molecule has 3 heteroatoms. The molecule has 2 fully saturated rings. The van der Waals surface area contributed by atoms with Crippen LogP contribution in [0.1, 0.15) is 38.5 Å². The molecule has 0 aromatic heterocycles. The molecule has 0 aromatic rings. The van der Waals surface area contributed by atoms with Crippen molar-refractivity contribution < 1.29 is 5.11 Å². The number of hydrogen-bond acceptors (Lipinski definition) is 3. The van der Waals surface area contributed by atoms with Gasteiger partial charge in [0.15, 0.2) is 0 Å². The van der Waals surface area contributed by atoms with Crippen molar-refractivity contribution in [3.05, 3.63) is 0 Å². The van der Waals surface area contributed by atoms with E-state index in [0.29, 0.717) is 12.6 Å². The van der Waals surface area contributed by atoms with Gasteiger partial charge in [0, 0.05) is 25.7 Å². The molecule has 1 heterocycles. The molecular weight excluding hydrogens is 200 g/mol. The van der Waals surface area contributed by atoms with E-state index in [1.54, 1.807) is 0 Å². The molecule has 1 unspecified atom stereocenters. The average molecular weight is 226 g/mol.